The standard InChI is InChI=1S/C18H22N2O4S2/c1-2-14-5-7-16(8-6-14)26(23,24)18-13-25(21,22)12-17(18)20-11-15-4-3-9-19-10-15/h3-10,17-18,20H,2,11-13H2,1H3/t17-,18+/m1/s1. The first-order valence-corrected chi connectivity index (χ1v) is 11.8. The molecule has 3 rings (SSSR count). The molecule has 0 saturated carbocycles. The summed E-state index contributed by atoms with van der Waals surface area (Å²) in [5.41, 5.74) is 1.91. The largest absolute Gasteiger partial charge is 0.308 e. The van der Waals surface area contributed by atoms with Gasteiger partial charge in [-0.3, -0.25) is 4.98 Å². The van der Waals surface area contributed by atoms with Gasteiger partial charge in [-0.2, -0.15) is 0 Å². The Balaban J connectivity index is 1.84. The highest BCUT2D eigenvalue weighted by Gasteiger charge is 2.45. The number of benzene rings is 1. The van der Waals surface area contributed by atoms with Gasteiger partial charge in [-0.05, 0) is 35.7 Å². The average Bonchev–Trinajstić information content (AvgIpc) is 2.96. The van der Waals surface area contributed by atoms with Crippen molar-refractivity contribution in [3.8, 4) is 0 Å². The van der Waals surface area contributed by atoms with E-state index in [1.165, 1.54) is 0 Å². The second kappa shape index (κ2) is 7.46. The summed E-state index contributed by atoms with van der Waals surface area (Å²) in [5, 5.41) is 2.11. The fraction of sp³-hybridized carbons (Fsp3) is 0.389. The molecule has 1 saturated heterocycles. The smallest absolute Gasteiger partial charge is 0.183 e. The molecule has 1 N–H and O–H groups in total. The van der Waals surface area contributed by atoms with Crippen LogP contribution in [0.4, 0.5) is 0 Å². The Morgan fingerprint density at radius 1 is 1.12 bits per heavy atom. The molecular formula is C18H22N2O4S2. The van der Waals surface area contributed by atoms with Gasteiger partial charge in [0.2, 0.25) is 0 Å². The van der Waals surface area contributed by atoms with Gasteiger partial charge >= 0.3 is 0 Å². The third-order valence-electron chi connectivity index (χ3n) is 4.65. The molecule has 6 nitrogen and oxygen atoms in total. The number of sulfone groups is 2. The van der Waals surface area contributed by atoms with Gasteiger partial charge in [0.15, 0.2) is 19.7 Å². The molecule has 0 aliphatic carbocycles. The van der Waals surface area contributed by atoms with Crippen molar-refractivity contribution in [1.82, 2.24) is 10.3 Å². The number of hydrogen-bond acceptors (Lipinski definition) is 6. The highest BCUT2D eigenvalue weighted by Crippen LogP contribution is 2.26. The summed E-state index contributed by atoms with van der Waals surface area (Å²) >= 11 is 0. The van der Waals surface area contributed by atoms with Crippen molar-refractivity contribution >= 4 is 19.7 Å². The molecule has 0 spiro atoms. The van der Waals surface area contributed by atoms with Crippen LogP contribution in [0, 0.1) is 0 Å². The number of hydrogen-bond donors (Lipinski definition) is 1. The lowest BCUT2D eigenvalue weighted by molar-refractivity contribution is 0.525. The van der Waals surface area contributed by atoms with Crippen molar-refractivity contribution in [3.63, 3.8) is 0 Å². The predicted octanol–water partition coefficient (Wildman–Crippen LogP) is 1.37. The zero-order valence-electron chi connectivity index (χ0n) is 14.5. The maximum absolute atomic E-state index is 13.0. The Labute approximate surface area is 154 Å². The van der Waals surface area contributed by atoms with Crippen molar-refractivity contribution in [2.75, 3.05) is 11.5 Å². The first kappa shape index (κ1) is 19.0. The predicted molar refractivity (Wildman–Crippen MR) is 100 cm³/mol. The van der Waals surface area contributed by atoms with Gasteiger partial charge in [-0.1, -0.05) is 25.1 Å². The van der Waals surface area contributed by atoms with Gasteiger partial charge in [-0.15, -0.1) is 0 Å². The highest BCUT2D eigenvalue weighted by molar-refractivity contribution is 7.96. The number of pyridine rings is 1. The quantitative estimate of drug-likeness (QED) is 0.795. The lowest BCUT2D eigenvalue weighted by Crippen LogP contribution is -2.43. The lowest BCUT2D eigenvalue weighted by atomic mass is 10.2. The van der Waals surface area contributed by atoms with Crippen LogP contribution in [-0.4, -0.2) is 44.6 Å². The first-order valence-electron chi connectivity index (χ1n) is 8.47. The lowest BCUT2D eigenvalue weighted by Gasteiger charge is -2.20. The maximum atomic E-state index is 13.0. The van der Waals surface area contributed by atoms with Gasteiger partial charge in [0.1, 0.15) is 0 Å². The Kier molecular flexibility index (Phi) is 5.45. The van der Waals surface area contributed by atoms with Crippen LogP contribution in [0.2, 0.25) is 0 Å². The Morgan fingerprint density at radius 2 is 1.85 bits per heavy atom. The van der Waals surface area contributed by atoms with Crippen LogP contribution in [0.5, 0.6) is 0 Å². The summed E-state index contributed by atoms with van der Waals surface area (Å²) in [5.74, 6) is -0.528. The van der Waals surface area contributed by atoms with Crippen molar-refractivity contribution in [2.45, 2.75) is 36.1 Å². The molecule has 1 aromatic heterocycles. The fourth-order valence-corrected chi connectivity index (χ4v) is 7.87. The van der Waals surface area contributed by atoms with E-state index in [9.17, 15) is 16.8 Å². The summed E-state index contributed by atoms with van der Waals surface area (Å²) in [7, 11) is -7.16. The zero-order valence-corrected chi connectivity index (χ0v) is 16.1. The Hall–Kier alpha value is -1.77. The summed E-state index contributed by atoms with van der Waals surface area (Å²) in [4.78, 5) is 4.18. The van der Waals surface area contributed by atoms with Crippen molar-refractivity contribution in [3.05, 3.63) is 59.9 Å². The second-order valence-electron chi connectivity index (χ2n) is 6.51. The fourth-order valence-electron chi connectivity index (χ4n) is 3.15. The van der Waals surface area contributed by atoms with Crippen LogP contribution >= 0.6 is 0 Å². The first-order chi connectivity index (χ1) is 12.3. The molecule has 0 bridgehead atoms. The van der Waals surface area contributed by atoms with E-state index in [0.717, 1.165) is 17.5 Å². The monoisotopic (exact) mass is 394 g/mol. The molecule has 140 valence electrons. The summed E-state index contributed by atoms with van der Waals surface area (Å²) in [6.07, 6.45) is 4.13. The van der Waals surface area contributed by atoms with Crippen LogP contribution in [0.15, 0.2) is 53.7 Å². The highest BCUT2D eigenvalue weighted by atomic mass is 32.2. The van der Waals surface area contributed by atoms with Crippen LogP contribution in [0.25, 0.3) is 0 Å². The summed E-state index contributed by atoms with van der Waals surface area (Å²) in [6, 6.07) is 9.68. The number of aryl methyl sites for hydroxylation is 1. The normalized spacial score (nSPS) is 22.3. The van der Waals surface area contributed by atoms with E-state index >= 15 is 0 Å². The van der Waals surface area contributed by atoms with Crippen LogP contribution in [0.1, 0.15) is 18.1 Å². The van der Waals surface area contributed by atoms with Crippen LogP contribution in [0.3, 0.4) is 0 Å². The van der Waals surface area contributed by atoms with Gasteiger partial charge < -0.3 is 5.32 Å². The van der Waals surface area contributed by atoms with Crippen molar-refractivity contribution in [1.29, 1.82) is 0 Å². The number of nitrogens with zero attached hydrogens (tertiary/aromatic N) is 1. The Bertz CT molecular complexity index is 956. The second-order valence-corrected chi connectivity index (χ2v) is 10.8. The summed E-state index contributed by atoms with van der Waals surface area (Å²) < 4.78 is 50.3. The van der Waals surface area contributed by atoms with Gasteiger partial charge in [-0.25, -0.2) is 16.8 Å². The molecule has 1 aliphatic rings. The van der Waals surface area contributed by atoms with E-state index in [-0.39, 0.29) is 16.4 Å². The number of nitrogens with one attached hydrogen (secondary N) is 1. The summed E-state index contributed by atoms with van der Waals surface area (Å²) in [6.45, 7) is 2.36. The van der Waals surface area contributed by atoms with E-state index < -0.39 is 31.0 Å². The van der Waals surface area contributed by atoms with E-state index in [2.05, 4.69) is 10.3 Å². The molecule has 8 heteroatoms. The van der Waals surface area contributed by atoms with E-state index in [1.54, 1.807) is 42.7 Å². The third-order valence-corrected chi connectivity index (χ3v) is 8.82. The SMILES string of the molecule is CCc1ccc(S(=O)(=O)[C@H]2CS(=O)(=O)C[C@H]2NCc2cccnc2)cc1. The van der Waals surface area contributed by atoms with E-state index in [4.69, 9.17) is 0 Å². The van der Waals surface area contributed by atoms with Gasteiger partial charge in [0.25, 0.3) is 0 Å². The molecule has 1 fully saturated rings. The minimum atomic E-state index is -3.75. The Morgan fingerprint density at radius 3 is 2.46 bits per heavy atom. The van der Waals surface area contributed by atoms with E-state index in [1.807, 2.05) is 13.0 Å². The number of rotatable bonds is 6. The third kappa shape index (κ3) is 4.13. The molecule has 0 radical (unpaired) electrons. The van der Waals surface area contributed by atoms with Crippen LogP contribution in [-0.2, 0) is 32.6 Å². The zero-order chi connectivity index (χ0) is 18.8. The molecule has 1 aromatic carbocycles. The molecule has 1 aliphatic heterocycles. The maximum Gasteiger partial charge on any atom is 0.183 e. The topological polar surface area (TPSA) is 93.2 Å². The van der Waals surface area contributed by atoms with Crippen molar-refractivity contribution in [2.24, 2.45) is 0 Å². The van der Waals surface area contributed by atoms with Crippen LogP contribution < -0.4 is 5.32 Å². The molecule has 26 heavy (non-hydrogen) atoms. The average molecular weight is 395 g/mol. The van der Waals surface area contributed by atoms with Gasteiger partial charge in [0, 0.05) is 25.0 Å². The molecule has 2 aromatic rings. The molecule has 0 unspecified atom stereocenters. The molecule has 0 amide bonds. The van der Waals surface area contributed by atoms with E-state index in [0.29, 0.717) is 6.54 Å². The minimum Gasteiger partial charge on any atom is -0.308 e. The minimum absolute atomic E-state index is 0.171. The van der Waals surface area contributed by atoms with Crippen molar-refractivity contribution < 1.29 is 16.8 Å². The molecular weight excluding hydrogens is 372 g/mol. The van der Waals surface area contributed by atoms with Gasteiger partial charge in [0.05, 0.1) is 21.7 Å². The molecule has 2 atom stereocenters. The molecule has 2 heterocycles. The number of aromatic nitrogens is 1.